The monoisotopic (exact) mass is 297 g/mol. The molecule has 0 aliphatic carbocycles. The van der Waals surface area contributed by atoms with Crippen molar-refractivity contribution in [2.45, 2.75) is 10.9 Å². The van der Waals surface area contributed by atoms with E-state index in [1.165, 1.54) is 22.6 Å². The maximum Gasteiger partial charge on any atom is 0.317 e. The van der Waals surface area contributed by atoms with Crippen LogP contribution in [0.15, 0.2) is 23.2 Å². The third-order valence-corrected chi connectivity index (χ3v) is 5.44. The molecule has 2 aliphatic heterocycles. The van der Waals surface area contributed by atoms with Crippen LogP contribution in [0.3, 0.4) is 0 Å². The molecule has 0 spiro atoms. The molecule has 108 valence electrons. The number of pyridine rings is 1. The molecule has 3 N–H and O–H groups in total. The summed E-state index contributed by atoms with van der Waals surface area (Å²) in [6, 6.07) is 2.68. The maximum atomic E-state index is 12.5. The fourth-order valence-corrected chi connectivity index (χ4v) is 3.90. The molecule has 0 radical (unpaired) electrons. The zero-order valence-electron chi connectivity index (χ0n) is 10.7. The predicted octanol–water partition coefficient (Wildman–Crippen LogP) is -0.938. The average Bonchev–Trinajstić information content (AvgIpc) is 2.80. The van der Waals surface area contributed by atoms with E-state index in [1.807, 2.05) is 0 Å². The van der Waals surface area contributed by atoms with Crippen LogP contribution >= 0.6 is 0 Å². The lowest BCUT2D eigenvalue weighted by molar-refractivity contribution is 0.164. The largest absolute Gasteiger partial charge is 0.384 e. The number of hydrogen-bond donors (Lipinski definition) is 2. The lowest BCUT2D eigenvalue weighted by atomic mass is 10.2. The molecule has 2 amide bonds. The second-order valence-corrected chi connectivity index (χ2v) is 6.75. The molecule has 0 bridgehead atoms. The van der Waals surface area contributed by atoms with Crippen molar-refractivity contribution in [3.63, 3.8) is 0 Å². The van der Waals surface area contributed by atoms with E-state index in [0.717, 1.165) is 0 Å². The molecule has 8 nitrogen and oxygen atoms in total. The van der Waals surface area contributed by atoms with E-state index in [-0.39, 0.29) is 29.3 Å². The molecule has 2 aliphatic rings. The SMILES string of the molecule is Nc1ccc(S(=O)(=O)N2CCN3C(=O)NCC3C2)cn1. The molecule has 1 aromatic rings. The standard InChI is InChI=1S/C11H15N5O3S/c12-10-2-1-9(6-13-10)20(18,19)15-3-4-16-8(7-15)5-14-11(16)17/h1-2,6,8H,3-5,7H2,(H2,12,13)(H,14,17). The Morgan fingerprint density at radius 2 is 2.15 bits per heavy atom. The molecular formula is C11H15N5O3S. The Balaban J connectivity index is 1.82. The quantitative estimate of drug-likeness (QED) is 0.732. The number of carbonyl (C=O) groups excluding carboxylic acids is 1. The van der Waals surface area contributed by atoms with Gasteiger partial charge < -0.3 is 16.0 Å². The molecule has 0 aromatic carbocycles. The number of aromatic nitrogens is 1. The number of fused-ring (bicyclic) bond motifs is 1. The summed E-state index contributed by atoms with van der Waals surface area (Å²) in [7, 11) is -3.59. The number of amides is 2. The highest BCUT2D eigenvalue weighted by molar-refractivity contribution is 7.89. The third-order valence-electron chi connectivity index (χ3n) is 3.59. The minimum Gasteiger partial charge on any atom is -0.384 e. The molecule has 3 rings (SSSR count). The van der Waals surface area contributed by atoms with Gasteiger partial charge in [0.05, 0.1) is 6.04 Å². The van der Waals surface area contributed by atoms with E-state index in [9.17, 15) is 13.2 Å². The Morgan fingerprint density at radius 1 is 1.35 bits per heavy atom. The van der Waals surface area contributed by atoms with Crippen molar-refractivity contribution >= 4 is 21.9 Å². The smallest absolute Gasteiger partial charge is 0.317 e. The van der Waals surface area contributed by atoms with Crippen molar-refractivity contribution in [2.24, 2.45) is 0 Å². The molecule has 0 saturated carbocycles. The third kappa shape index (κ3) is 2.08. The molecule has 20 heavy (non-hydrogen) atoms. The van der Waals surface area contributed by atoms with Gasteiger partial charge in [0.15, 0.2) is 0 Å². The van der Waals surface area contributed by atoms with Crippen molar-refractivity contribution < 1.29 is 13.2 Å². The average molecular weight is 297 g/mol. The molecular weight excluding hydrogens is 282 g/mol. The van der Waals surface area contributed by atoms with E-state index < -0.39 is 10.0 Å². The first-order chi connectivity index (χ1) is 9.48. The zero-order chi connectivity index (χ0) is 14.3. The number of anilines is 1. The number of hydrogen-bond acceptors (Lipinski definition) is 5. The number of nitrogen functional groups attached to an aromatic ring is 1. The predicted molar refractivity (Wildman–Crippen MR) is 71.3 cm³/mol. The van der Waals surface area contributed by atoms with Gasteiger partial charge in [0, 0.05) is 32.4 Å². The molecule has 1 aromatic heterocycles. The van der Waals surface area contributed by atoms with E-state index >= 15 is 0 Å². The topological polar surface area (TPSA) is 109 Å². The van der Waals surface area contributed by atoms with Gasteiger partial charge in [-0.1, -0.05) is 0 Å². The van der Waals surface area contributed by atoms with Crippen molar-refractivity contribution in [3.05, 3.63) is 18.3 Å². The summed E-state index contributed by atoms with van der Waals surface area (Å²) >= 11 is 0. The number of urea groups is 1. The van der Waals surface area contributed by atoms with Crippen LogP contribution in [0.25, 0.3) is 0 Å². The summed E-state index contributed by atoms with van der Waals surface area (Å²) in [4.78, 5) is 17.1. The first-order valence-electron chi connectivity index (χ1n) is 6.24. The number of piperazine rings is 1. The Kier molecular flexibility index (Phi) is 3.02. The summed E-state index contributed by atoms with van der Waals surface area (Å²) in [6.45, 7) is 1.46. The van der Waals surface area contributed by atoms with Gasteiger partial charge in [-0.15, -0.1) is 0 Å². The van der Waals surface area contributed by atoms with Gasteiger partial charge in [0.1, 0.15) is 10.7 Å². The molecule has 1 atom stereocenters. The lowest BCUT2D eigenvalue weighted by Crippen LogP contribution is -2.53. The zero-order valence-corrected chi connectivity index (χ0v) is 11.5. The van der Waals surface area contributed by atoms with Gasteiger partial charge >= 0.3 is 6.03 Å². The van der Waals surface area contributed by atoms with Gasteiger partial charge in [-0.05, 0) is 12.1 Å². The van der Waals surface area contributed by atoms with Crippen molar-refractivity contribution in [1.29, 1.82) is 0 Å². The van der Waals surface area contributed by atoms with Gasteiger partial charge in [-0.2, -0.15) is 4.31 Å². The lowest BCUT2D eigenvalue weighted by Gasteiger charge is -2.35. The van der Waals surface area contributed by atoms with Crippen molar-refractivity contribution in [1.82, 2.24) is 19.5 Å². The summed E-state index contributed by atoms with van der Waals surface area (Å²) in [5, 5.41) is 2.72. The van der Waals surface area contributed by atoms with Crippen LogP contribution < -0.4 is 11.1 Å². The number of nitrogens with zero attached hydrogens (tertiary/aromatic N) is 3. The summed E-state index contributed by atoms with van der Waals surface area (Å²) in [5.74, 6) is 0.277. The van der Waals surface area contributed by atoms with Crippen LogP contribution in [0, 0.1) is 0 Å². The molecule has 3 heterocycles. The second kappa shape index (κ2) is 4.60. The molecule has 9 heteroatoms. The minimum atomic E-state index is -3.59. The van der Waals surface area contributed by atoms with Crippen LogP contribution in [-0.4, -0.2) is 60.9 Å². The van der Waals surface area contributed by atoms with Gasteiger partial charge in [-0.25, -0.2) is 18.2 Å². The second-order valence-electron chi connectivity index (χ2n) is 4.82. The first kappa shape index (κ1) is 13.1. The number of carbonyl (C=O) groups is 1. The molecule has 1 unspecified atom stereocenters. The summed E-state index contributed by atoms with van der Waals surface area (Å²) in [5.41, 5.74) is 5.46. The van der Waals surface area contributed by atoms with Gasteiger partial charge in [0.25, 0.3) is 0 Å². The van der Waals surface area contributed by atoms with E-state index in [1.54, 1.807) is 4.90 Å². The fourth-order valence-electron chi connectivity index (χ4n) is 2.49. The van der Waals surface area contributed by atoms with E-state index in [4.69, 9.17) is 5.73 Å². The Morgan fingerprint density at radius 3 is 2.85 bits per heavy atom. The molecule has 2 fully saturated rings. The first-order valence-corrected chi connectivity index (χ1v) is 7.68. The molecule has 2 saturated heterocycles. The number of rotatable bonds is 2. The minimum absolute atomic E-state index is 0.104. The summed E-state index contributed by atoms with van der Waals surface area (Å²) in [6.07, 6.45) is 1.26. The Bertz CT molecular complexity index is 630. The highest BCUT2D eigenvalue weighted by Crippen LogP contribution is 2.21. The van der Waals surface area contributed by atoms with Crippen molar-refractivity contribution in [2.75, 3.05) is 31.9 Å². The fraction of sp³-hybridized carbons (Fsp3) is 0.455. The number of sulfonamides is 1. The van der Waals surface area contributed by atoms with Crippen LogP contribution in [0.2, 0.25) is 0 Å². The van der Waals surface area contributed by atoms with Crippen LogP contribution in [0.4, 0.5) is 10.6 Å². The van der Waals surface area contributed by atoms with Crippen LogP contribution in [0.5, 0.6) is 0 Å². The highest BCUT2D eigenvalue weighted by atomic mass is 32.2. The van der Waals surface area contributed by atoms with Gasteiger partial charge in [-0.3, -0.25) is 0 Å². The highest BCUT2D eigenvalue weighted by Gasteiger charge is 2.39. The van der Waals surface area contributed by atoms with E-state index in [0.29, 0.717) is 19.6 Å². The Hall–Kier alpha value is -1.87. The maximum absolute atomic E-state index is 12.5. The van der Waals surface area contributed by atoms with Crippen LogP contribution in [-0.2, 0) is 10.0 Å². The number of nitrogens with two attached hydrogens (primary N) is 1. The van der Waals surface area contributed by atoms with Crippen LogP contribution in [0.1, 0.15) is 0 Å². The normalized spacial score (nSPS) is 23.5. The summed E-state index contributed by atoms with van der Waals surface area (Å²) < 4.78 is 26.4. The van der Waals surface area contributed by atoms with Gasteiger partial charge in [0.2, 0.25) is 10.0 Å². The number of nitrogens with one attached hydrogen (secondary N) is 1. The van der Waals surface area contributed by atoms with E-state index in [2.05, 4.69) is 10.3 Å². The Labute approximate surface area is 116 Å². The van der Waals surface area contributed by atoms with Crippen molar-refractivity contribution in [3.8, 4) is 0 Å².